The summed E-state index contributed by atoms with van der Waals surface area (Å²) in [4.78, 5) is 22.9. The molecule has 0 aromatic heterocycles. The molecule has 0 saturated carbocycles. The highest BCUT2D eigenvalue weighted by Gasteiger charge is 2.18. The van der Waals surface area contributed by atoms with Gasteiger partial charge in [0.25, 0.3) is 0 Å². The highest BCUT2D eigenvalue weighted by Crippen LogP contribution is 2.22. The number of methoxy groups -OCH3 is 1. The third-order valence-electron chi connectivity index (χ3n) is 2.48. The second-order valence-corrected chi connectivity index (χ2v) is 4.99. The summed E-state index contributed by atoms with van der Waals surface area (Å²) < 4.78 is 4.90. The highest BCUT2D eigenvalue weighted by atomic mass is 35.5. The zero-order chi connectivity index (χ0) is 15.1. The van der Waals surface area contributed by atoms with Crippen molar-refractivity contribution in [1.82, 2.24) is 10.6 Å². The van der Waals surface area contributed by atoms with Gasteiger partial charge in [0, 0.05) is 20.6 Å². The fraction of sp³-hybridized carbons (Fsp3) is 0.385. The minimum atomic E-state index is -0.722. The number of rotatable bonds is 6. The first-order chi connectivity index (χ1) is 9.43. The van der Waals surface area contributed by atoms with E-state index in [1.54, 1.807) is 18.2 Å². The van der Waals surface area contributed by atoms with Gasteiger partial charge in [-0.25, -0.2) is 0 Å². The van der Waals surface area contributed by atoms with Crippen molar-refractivity contribution in [2.75, 3.05) is 13.7 Å². The maximum Gasteiger partial charge on any atom is 0.245 e. The number of halogens is 2. The first kappa shape index (κ1) is 16.8. The van der Waals surface area contributed by atoms with Crippen molar-refractivity contribution in [2.24, 2.45) is 0 Å². The molecule has 0 spiro atoms. The van der Waals surface area contributed by atoms with E-state index in [1.807, 2.05) is 0 Å². The van der Waals surface area contributed by atoms with Crippen LogP contribution >= 0.6 is 23.2 Å². The second kappa shape index (κ2) is 8.09. The molecule has 0 saturated heterocycles. The fourth-order valence-electron chi connectivity index (χ4n) is 1.56. The first-order valence-corrected chi connectivity index (χ1v) is 6.67. The molecule has 1 atom stereocenters. The van der Waals surface area contributed by atoms with Crippen molar-refractivity contribution >= 4 is 35.0 Å². The predicted molar refractivity (Wildman–Crippen MR) is 77.8 cm³/mol. The molecule has 0 aliphatic heterocycles. The molecule has 0 heterocycles. The Kier molecular flexibility index (Phi) is 6.78. The van der Waals surface area contributed by atoms with E-state index >= 15 is 0 Å². The topological polar surface area (TPSA) is 67.4 Å². The molecule has 0 unspecified atom stereocenters. The minimum Gasteiger partial charge on any atom is -0.382 e. The van der Waals surface area contributed by atoms with E-state index in [0.29, 0.717) is 10.0 Å². The molecular weight excluding hydrogens is 303 g/mol. The number of carbonyl (C=O) groups excluding carboxylic acids is 2. The second-order valence-electron chi connectivity index (χ2n) is 4.17. The average Bonchev–Trinajstić information content (AvgIpc) is 2.39. The maximum atomic E-state index is 11.9. The fourth-order valence-corrected chi connectivity index (χ4v) is 1.88. The van der Waals surface area contributed by atoms with E-state index in [1.165, 1.54) is 14.0 Å². The quantitative estimate of drug-likeness (QED) is 0.840. The van der Waals surface area contributed by atoms with Gasteiger partial charge in [0.1, 0.15) is 6.04 Å². The zero-order valence-electron chi connectivity index (χ0n) is 11.2. The molecule has 7 heteroatoms. The summed E-state index contributed by atoms with van der Waals surface area (Å²) in [5.74, 6) is -0.621. The van der Waals surface area contributed by atoms with Crippen LogP contribution < -0.4 is 10.6 Å². The Bertz CT molecular complexity index is 495. The van der Waals surface area contributed by atoms with E-state index in [0.717, 1.165) is 5.56 Å². The molecule has 0 fully saturated rings. The SMILES string of the molecule is COC[C@@H](NC(C)=O)C(=O)NCc1ccc(Cl)c(Cl)c1. The van der Waals surface area contributed by atoms with Gasteiger partial charge in [-0.2, -0.15) is 0 Å². The van der Waals surface area contributed by atoms with Crippen molar-refractivity contribution in [3.8, 4) is 0 Å². The highest BCUT2D eigenvalue weighted by molar-refractivity contribution is 6.42. The van der Waals surface area contributed by atoms with Gasteiger partial charge in [-0.1, -0.05) is 29.3 Å². The van der Waals surface area contributed by atoms with Gasteiger partial charge < -0.3 is 15.4 Å². The molecule has 0 bridgehead atoms. The molecule has 110 valence electrons. The predicted octanol–water partition coefficient (Wildman–Crippen LogP) is 1.76. The number of benzene rings is 1. The van der Waals surface area contributed by atoms with Gasteiger partial charge in [-0.05, 0) is 17.7 Å². The summed E-state index contributed by atoms with van der Waals surface area (Å²) in [6.45, 7) is 1.73. The lowest BCUT2D eigenvalue weighted by molar-refractivity contribution is -0.129. The largest absolute Gasteiger partial charge is 0.382 e. The number of nitrogens with one attached hydrogen (secondary N) is 2. The van der Waals surface area contributed by atoms with Crippen LogP contribution in [0.25, 0.3) is 0 Å². The van der Waals surface area contributed by atoms with Crippen LogP contribution in [0.1, 0.15) is 12.5 Å². The van der Waals surface area contributed by atoms with Crippen LogP contribution in [-0.4, -0.2) is 31.6 Å². The van der Waals surface area contributed by atoms with Gasteiger partial charge in [-0.3, -0.25) is 9.59 Å². The van der Waals surface area contributed by atoms with Gasteiger partial charge >= 0.3 is 0 Å². The van der Waals surface area contributed by atoms with E-state index < -0.39 is 6.04 Å². The number of hydrogen-bond donors (Lipinski definition) is 2. The van der Waals surface area contributed by atoms with Crippen LogP contribution in [0, 0.1) is 0 Å². The van der Waals surface area contributed by atoms with Crippen LogP contribution in [0.15, 0.2) is 18.2 Å². The molecule has 0 aliphatic rings. The Balaban J connectivity index is 2.59. The van der Waals surface area contributed by atoms with E-state index in [4.69, 9.17) is 27.9 Å². The molecule has 0 radical (unpaired) electrons. The number of carbonyl (C=O) groups is 2. The smallest absolute Gasteiger partial charge is 0.245 e. The van der Waals surface area contributed by atoms with Crippen LogP contribution in [0.5, 0.6) is 0 Å². The Morgan fingerprint density at radius 3 is 2.55 bits per heavy atom. The van der Waals surface area contributed by atoms with Gasteiger partial charge in [0.2, 0.25) is 11.8 Å². The number of hydrogen-bond acceptors (Lipinski definition) is 3. The lowest BCUT2D eigenvalue weighted by Gasteiger charge is -2.16. The van der Waals surface area contributed by atoms with Crippen molar-refractivity contribution in [3.63, 3.8) is 0 Å². The molecule has 2 amide bonds. The Hall–Kier alpha value is -1.30. The van der Waals surface area contributed by atoms with E-state index in [-0.39, 0.29) is 25.0 Å². The van der Waals surface area contributed by atoms with Crippen LogP contribution in [0.3, 0.4) is 0 Å². The standard InChI is InChI=1S/C13H16Cl2N2O3/c1-8(18)17-12(7-20-2)13(19)16-6-9-3-4-10(14)11(15)5-9/h3-5,12H,6-7H2,1-2H3,(H,16,19)(H,17,18)/t12-/m1/s1. The Labute approximate surface area is 127 Å². The third-order valence-corrected chi connectivity index (χ3v) is 3.22. The average molecular weight is 319 g/mol. The van der Waals surface area contributed by atoms with Crippen LogP contribution in [-0.2, 0) is 20.9 Å². The third kappa shape index (κ3) is 5.36. The summed E-state index contributed by atoms with van der Waals surface area (Å²) >= 11 is 11.7. The van der Waals surface area contributed by atoms with Crippen molar-refractivity contribution < 1.29 is 14.3 Å². The molecule has 1 aromatic rings. The van der Waals surface area contributed by atoms with Gasteiger partial charge in [0.05, 0.1) is 16.7 Å². The maximum absolute atomic E-state index is 11.9. The zero-order valence-corrected chi connectivity index (χ0v) is 12.7. The monoisotopic (exact) mass is 318 g/mol. The number of amides is 2. The Morgan fingerprint density at radius 1 is 1.30 bits per heavy atom. The molecular formula is C13H16Cl2N2O3. The summed E-state index contributed by atoms with van der Waals surface area (Å²) in [6.07, 6.45) is 0. The van der Waals surface area contributed by atoms with Crippen LogP contribution in [0.4, 0.5) is 0 Å². The normalized spacial score (nSPS) is 11.8. The summed E-state index contributed by atoms with van der Waals surface area (Å²) in [5.41, 5.74) is 0.812. The van der Waals surface area contributed by atoms with E-state index in [2.05, 4.69) is 10.6 Å². The summed E-state index contributed by atoms with van der Waals surface area (Å²) in [6, 6.07) is 4.37. The lowest BCUT2D eigenvalue weighted by atomic mass is 10.2. The Morgan fingerprint density at radius 2 is 2.00 bits per heavy atom. The minimum absolute atomic E-state index is 0.104. The van der Waals surface area contributed by atoms with Crippen molar-refractivity contribution in [1.29, 1.82) is 0 Å². The van der Waals surface area contributed by atoms with E-state index in [9.17, 15) is 9.59 Å². The van der Waals surface area contributed by atoms with Gasteiger partial charge in [0.15, 0.2) is 0 Å². The number of ether oxygens (including phenoxy) is 1. The van der Waals surface area contributed by atoms with Gasteiger partial charge in [-0.15, -0.1) is 0 Å². The molecule has 20 heavy (non-hydrogen) atoms. The van der Waals surface area contributed by atoms with Crippen LogP contribution in [0.2, 0.25) is 10.0 Å². The summed E-state index contributed by atoms with van der Waals surface area (Å²) in [5, 5.41) is 6.10. The molecule has 0 aliphatic carbocycles. The van der Waals surface area contributed by atoms with Crippen molar-refractivity contribution in [3.05, 3.63) is 33.8 Å². The molecule has 1 rings (SSSR count). The first-order valence-electron chi connectivity index (χ1n) is 5.91. The molecule has 1 aromatic carbocycles. The molecule has 2 N–H and O–H groups in total. The lowest BCUT2D eigenvalue weighted by Crippen LogP contribution is -2.48. The molecule has 5 nitrogen and oxygen atoms in total. The summed E-state index contributed by atoms with van der Waals surface area (Å²) in [7, 11) is 1.46. The van der Waals surface area contributed by atoms with Crippen molar-refractivity contribution in [2.45, 2.75) is 19.5 Å².